The number of esters is 1. The summed E-state index contributed by atoms with van der Waals surface area (Å²) in [5.41, 5.74) is -2.85. The second kappa shape index (κ2) is 9.49. The Morgan fingerprint density at radius 3 is 2.45 bits per heavy atom. The summed E-state index contributed by atoms with van der Waals surface area (Å²) in [7, 11) is 0. The number of hydrogen-bond donors (Lipinski definition) is 2. The van der Waals surface area contributed by atoms with Crippen molar-refractivity contribution >= 4 is 17.6 Å². The van der Waals surface area contributed by atoms with E-state index in [1.165, 1.54) is 6.92 Å². The summed E-state index contributed by atoms with van der Waals surface area (Å²) in [6.45, 7) is 5.64. The van der Waals surface area contributed by atoms with Crippen molar-refractivity contribution in [3.63, 3.8) is 0 Å². The van der Waals surface area contributed by atoms with Crippen LogP contribution in [0.4, 0.5) is 14.5 Å². The van der Waals surface area contributed by atoms with E-state index < -0.39 is 64.4 Å². The lowest BCUT2D eigenvalue weighted by molar-refractivity contribution is -0.123. The molecule has 1 unspecified atom stereocenters. The van der Waals surface area contributed by atoms with Crippen molar-refractivity contribution in [2.24, 2.45) is 5.41 Å². The molecule has 2 N–H and O–H groups in total. The molecule has 7 nitrogen and oxygen atoms in total. The number of carbonyl (C=O) groups excluding carboxylic acids is 2. The van der Waals surface area contributed by atoms with E-state index in [2.05, 4.69) is 5.32 Å². The maximum Gasteiger partial charge on any atom is 0.344 e. The van der Waals surface area contributed by atoms with Gasteiger partial charge in [-0.1, -0.05) is 20.8 Å². The van der Waals surface area contributed by atoms with E-state index in [0.717, 1.165) is 12.8 Å². The van der Waals surface area contributed by atoms with Crippen LogP contribution in [-0.2, 0) is 20.9 Å². The molecular weight excluding hydrogens is 388 g/mol. The number of rotatable bonds is 6. The van der Waals surface area contributed by atoms with Crippen molar-refractivity contribution in [3.05, 3.63) is 22.8 Å². The van der Waals surface area contributed by atoms with Crippen LogP contribution in [0, 0.1) is 17.0 Å². The van der Waals surface area contributed by atoms with Crippen LogP contribution in [0.1, 0.15) is 62.9 Å². The van der Waals surface area contributed by atoms with Crippen molar-refractivity contribution in [2.45, 2.75) is 59.9 Å². The number of ether oxygens (including phenoxy) is 3. The largest absolute Gasteiger partial charge is 0.462 e. The topological polar surface area (TPSA) is 94.1 Å². The Balaban J connectivity index is 2.66. The minimum Gasteiger partial charge on any atom is -0.462 e. The predicted molar refractivity (Wildman–Crippen MR) is 101 cm³/mol. The molecule has 1 aliphatic rings. The normalized spacial score (nSPS) is 17.0. The molecule has 29 heavy (non-hydrogen) atoms. The molecule has 2 rings (SSSR count). The molecule has 1 atom stereocenters. The number of carbonyl (C=O) groups is 2. The molecule has 162 valence electrons. The molecule has 0 radical (unpaired) electrons. The quantitative estimate of drug-likeness (QED) is 0.691. The van der Waals surface area contributed by atoms with Crippen LogP contribution < -0.4 is 10.1 Å². The van der Waals surface area contributed by atoms with Crippen molar-refractivity contribution < 1.29 is 37.7 Å². The van der Waals surface area contributed by atoms with Crippen LogP contribution in [0.25, 0.3) is 0 Å². The van der Waals surface area contributed by atoms with Gasteiger partial charge >= 0.3 is 5.97 Å². The Morgan fingerprint density at radius 1 is 1.24 bits per heavy atom. The molecule has 1 amide bonds. The Kier molecular flexibility index (Phi) is 7.54. The summed E-state index contributed by atoms with van der Waals surface area (Å²) in [5.74, 6) is -4.80. The van der Waals surface area contributed by atoms with Gasteiger partial charge in [0.1, 0.15) is 5.56 Å². The van der Waals surface area contributed by atoms with Gasteiger partial charge in [0, 0.05) is 11.8 Å². The fourth-order valence-corrected chi connectivity index (χ4v) is 2.72. The van der Waals surface area contributed by atoms with Gasteiger partial charge in [-0.3, -0.25) is 4.79 Å². The van der Waals surface area contributed by atoms with Crippen LogP contribution >= 0.6 is 0 Å². The molecule has 0 bridgehead atoms. The van der Waals surface area contributed by atoms with Gasteiger partial charge in [0.15, 0.2) is 23.7 Å². The number of hydrogen-bond acceptors (Lipinski definition) is 6. The van der Waals surface area contributed by atoms with Gasteiger partial charge in [0.05, 0.1) is 31.1 Å². The average molecular weight is 415 g/mol. The van der Waals surface area contributed by atoms with E-state index >= 15 is 4.39 Å². The first-order chi connectivity index (χ1) is 13.6. The van der Waals surface area contributed by atoms with E-state index in [1.807, 2.05) is 0 Å². The van der Waals surface area contributed by atoms with E-state index in [4.69, 9.17) is 14.2 Å². The molecule has 0 aromatic heterocycles. The third kappa shape index (κ3) is 5.22. The van der Waals surface area contributed by atoms with Crippen LogP contribution in [0.3, 0.4) is 0 Å². The van der Waals surface area contributed by atoms with Gasteiger partial charge in [0.2, 0.25) is 5.91 Å². The number of benzene rings is 1. The highest BCUT2D eigenvalue weighted by Gasteiger charge is 2.34. The number of amides is 1. The van der Waals surface area contributed by atoms with Crippen LogP contribution in [-0.4, -0.2) is 36.5 Å². The number of aliphatic hydroxyl groups excluding tert-OH is 1. The second-order valence-corrected chi connectivity index (χ2v) is 7.68. The zero-order valence-corrected chi connectivity index (χ0v) is 17.1. The highest BCUT2D eigenvalue weighted by Crippen LogP contribution is 2.38. The molecule has 9 heteroatoms. The maximum atomic E-state index is 15.0. The zero-order chi connectivity index (χ0) is 21.8. The van der Waals surface area contributed by atoms with Crippen molar-refractivity contribution in [1.82, 2.24) is 0 Å². The smallest absolute Gasteiger partial charge is 0.344 e. The fraction of sp³-hybridized carbons (Fsp3) is 0.600. The monoisotopic (exact) mass is 415 g/mol. The first-order valence-corrected chi connectivity index (χ1v) is 9.53. The molecule has 1 aliphatic heterocycles. The maximum absolute atomic E-state index is 15.0. The van der Waals surface area contributed by atoms with E-state index in [1.54, 1.807) is 20.8 Å². The minimum absolute atomic E-state index is 0.0597. The van der Waals surface area contributed by atoms with Crippen LogP contribution in [0.2, 0.25) is 0 Å². The van der Waals surface area contributed by atoms with Gasteiger partial charge in [-0.05, 0) is 19.8 Å². The molecule has 1 fully saturated rings. The van der Waals surface area contributed by atoms with Crippen LogP contribution in [0.15, 0.2) is 0 Å². The molecule has 1 aromatic carbocycles. The lowest BCUT2D eigenvalue weighted by Gasteiger charge is -2.27. The van der Waals surface area contributed by atoms with Gasteiger partial charge in [-0.2, -0.15) is 0 Å². The summed E-state index contributed by atoms with van der Waals surface area (Å²) in [5, 5.41) is 11.8. The summed E-state index contributed by atoms with van der Waals surface area (Å²) >= 11 is 0. The molecule has 1 aromatic rings. The molecule has 0 saturated carbocycles. The Hall–Kier alpha value is -2.26. The molecular formula is C20H27F2NO6. The van der Waals surface area contributed by atoms with Crippen molar-refractivity contribution in [3.8, 4) is 5.75 Å². The highest BCUT2D eigenvalue weighted by molar-refractivity contribution is 6.05. The number of nitrogens with one attached hydrogen (secondary N) is 1. The average Bonchev–Trinajstić information content (AvgIpc) is 2.66. The van der Waals surface area contributed by atoms with Crippen molar-refractivity contribution in [2.75, 3.05) is 18.5 Å². The highest BCUT2D eigenvalue weighted by atomic mass is 19.1. The van der Waals surface area contributed by atoms with Gasteiger partial charge in [0.25, 0.3) is 0 Å². The Labute approximate surface area is 168 Å². The third-order valence-electron chi connectivity index (χ3n) is 4.37. The van der Waals surface area contributed by atoms with Crippen LogP contribution in [0.5, 0.6) is 5.75 Å². The Bertz CT molecular complexity index is 769. The van der Waals surface area contributed by atoms with E-state index in [-0.39, 0.29) is 6.61 Å². The predicted octanol–water partition coefficient (Wildman–Crippen LogP) is 3.52. The third-order valence-corrected chi connectivity index (χ3v) is 4.37. The zero-order valence-electron chi connectivity index (χ0n) is 17.1. The SMILES string of the molecule is CCOC(=O)c1c(NC(=O)C(C)(C)C)c(F)c(CO)c(F)c1OC1CCCCO1. The lowest BCUT2D eigenvalue weighted by atomic mass is 9.95. The first-order valence-electron chi connectivity index (χ1n) is 9.53. The summed E-state index contributed by atoms with van der Waals surface area (Å²) in [4.78, 5) is 25.0. The minimum atomic E-state index is -1.26. The Morgan fingerprint density at radius 2 is 1.93 bits per heavy atom. The molecule has 1 heterocycles. The first kappa shape index (κ1) is 23.0. The number of halogens is 2. The lowest BCUT2D eigenvalue weighted by Crippen LogP contribution is -2.31. The van der Waals surface area contributed by atoms with Gasteiger partial charge in [-0.25, -0.2) is 13.6 Å². The standard InChI is InChI=1S/C20H27F2NO6/c1-5-27-18(25)13-16(23-19(26)20(2,3)4)14(21)11(10-24)15(22)17(13)29-12-8-6-7-9-28-12/h12,24H,5-10H2,1-4H3,(H,23,26). The molecule has 0 spiro atoms. The summed E-state index contributed by atoms with van der Waals surface area (Å²) in [6.07, 6.45) is 1.17. The van der Waals surface area contributed by atoms with Gasteiger partial charge in [-0.15, -0.1) is 0 Å². The summed E-state index contributed by atoms with van der Waals surface area (Å²) in [6, 6.07) is 0. The van der Waals surface area contributed by atoms with Gasteiger partial charge < -0.3 is 24.6 Å². The number of aliphatic hydroxyl groups is 1. The van der Waals surface area contributed by atoms with Crippen molar-refractivity contribution in [1.29, 1.82) is 0 Å². The van der Waals surface area contributed by atoms with E-state index in [0.29, 0.717) is 13.0 Å². The fourth-order valence-electron chi connectivity index (χ4n) is 2.72. The van der Waals surface area contributed by atoms with E-state index in [9.17, 15) is 19.1 Å². The molecule has 0 aliphatic carbocycles. The second-order valence-electron chi connectivity index (χ2n) is 7.68. The number of anilines is 1. The molecule has 1 saturated heterocycles. The summed E-state index contributed by atoms with van der Waals surface area (Å²) < 4.78 is 45.9.